The van der Waals surface area contributed by atoms with E-state index < -0.39 is 18.2 Å². The van der Waals surface area contributed by atoms with Gasteiger partial charge in [-0.15, -0.1) is 0 Å². The molecule has 0 amide bonds. The van der Waals surface area contributed by atoms with Gasteiger partial charge in [0, 0.05) is 6.92 Å². The second kappa shape index (κ2) is 3.34. The lowest BCUT2D eigenvalue weighted by Gasteiger charge is -2.20. The van der Waals surface area contributed by atoms with Gasteiger partial charge in [-0.05, 0) is 11.6 Å². The molecule has 78 valence electrons. The molecule has 0 unspecified atom stereocenters. The van der Waals surface area contributed by atoms with Crippen LogP contribution in [0, 0.1) is 0 Å². The molecule has 0 aromatic heterocycles. The van der Waals surface area contributed by atoms with Crippen molar-refractivity contribution in [2.45, 2.75) is 31.3 Å². The van der Waals surface area contributed by atoms with Crippen molar-refractivity contribution in [1.29, 1.82) is 0 Å². The zero-order valence-electron chi connectivity index (χ0n) is 7.71. The molecular formula is C9H12O5. The summed E-state index contributed by atoms with van der Waals surface area (Å²) < 4.78 is 10.1. The number of fused-ring (bicyclic) bond motifs is 1. The van der Waals surface area contributed by atoms with E-state index in [0.29, 0.717) is 5.57 Å². The molecule has 0 radical (unpaired) electrons. The first kappa shape index (κ1) is 9.64. The topological polar surface area (TPSA) is 79.3 Å². The smallest absolute Gasteiger partial charge is 0.303 e. The van der Waals surface area contributed by atoms with Gasteiger partial charge in [0.05, 0.1) is 6.61 Å². The molecular weight excluding hydrogens is 188 g/mol. The van der Waals surface area contributed by atoms with Gasteiger partial charge in [-0.3, -0.25) is 4.79 Å². The van der Waals surface area contributed by atoms with Crippen molar-refractivity contribution in [2.75, 3.05) is 6.61 Å². The van der Waals surface area contributed by atoms with Crippen LogP contribution < -0.4 is 0 Å². The van der Waals surface area contributed by atoms with Crippen molar-refractivity contribution in [2.24, 2.45) is 0 Å². The van der Waals surface area contributed by atoms with Crippen molar-refractivity contribution in [3.8, 4) is 0 Å². The first-order valence-corrected chi connectivity index (χ1v) is 4.45. The summed E-state index contributed by atoms with van der Waals surface area (Å²) >= 11 is 0. The van der Waals surface area contributed by atoms with E-state index in [0.717, 1.165) is 0 Å². The number of epoxide rings is 1. The van der Waals surface area contributed by atoms with Gasteiger partial charge in [0.2, 0.25) is 0 Å². The van der Waals surface area contributed by atoms with Gasteiger partial charge in [0.1, 0.15) is 24.4 Å². The van der Waals surface area contributed by atoms with Gasteiger partial charge in [0.25, 0.3) is 0 Å². The molecule has 5 heteroatoms. The summed E-state index contributed by atoms with van der Waals surface area (Å²) in [7, 11) is 0. The zero-order chi connectivity index (χ0) is 10.3. The van der Waals surface area contributed by atoms with Crippen LogP contribution in [0.3, 0.4) is 0 Å². The lowest BCUT2D eigenvalue weighted by atomic mass is 9.95. The van der Waals surface area contributed by atoms with Crippen molar-refractivity contribution >= 4 is 5.97 Å². The molecule has 1 aliphatic heterocycles. The lowest BCUT2D eigenvalue weighted by Crippen LogP contribution is -2.34. The van der Waals surface area contributed by atoms with E-state index in [2.05, 4.69) is 0 Å². The molecule has 0 saturated carbocycles. The van der Waals surface area contributed by atoms with E-state index in [1.54, 1.807) is 6.08 Å². The van der Waals surface area contributed by atoms with Crippen LogP contribution in [-0.4, -0.2) is 47.2 Å². The van der Waals surface area contributed by atoms with E-state index in [4.69, 9.17) is 14.6 Å². The molecule has 0 bridgehead atoms. The van der Waals surface area contributed by atoms with E-state index in [9.17, 15) is 9.90 Å². The van der Waals surface area contributed by atoms with Crippen LogP contribution >= 0.6 is 0 Å². The molecule has 2 aliphatic rings. The fourth-order valence-electron chi connectivity index (χ4n) is 1.71. The third kappa shape index (κ3) is 1.54. The summed E-state index contributed by atoms with van der Waals surface area (Å²) in [5.41, 5.74) is 0.454. The Kier molecular flexibility index (Phi) is 2.30. The number of carbonyl (C=O) groups excluding carboxylic acids is 1. The summed E-state index contributed by atoms with van der Waals surface area (Å²) in [6.45, 7) is 1.07. The Labute approximate surface area is 80.9 Å². The van der Waals surface area contributed by atoms with Gasteiger partial charge in [-0.2, -0.15) is 0 Å². The van der Waals surface area contributed by atoms with Gasteiger partial charge < -0.3 is 19.7 Å². The average Bonchev–Trinajstić information content (AvgIpc) is 2.89. The third-order valence-electron chi connectivity index (χ3n) is 2.44. The number of aliphatic hydroxyl groups excluding tert-OH is 2. The SMILES string of the molecule is CC(=O)O[C@H]1C=C(CO)[C@@H](O)[C@@H]2O[C@@H]21. The maximum absolute atomic E-state index is 10.7. The lowest BCUT2D eigenvalue weighted by molar-refractivity contribution is -0.145. The second-order valence-corrected chi connectivity index (χ2v) is 3.48. The Morgan fingerprint density at radius 3 is 2.93 bits per heavy atom. The molecule has 4 atom stereocenters. The number of carbonyl (C=O) groups is 1. The molecule has 1 saturated heterocycles. The van der Waals surface area contributed by atoms with Gasteiger partial charge in [-0.25, -0.2) is 0 Å². The summed E-state index contributed by atoms with van der Waals surface area (Å²) in [6, 6.07) is 0. The molecule has 5 nitrogen and oxygen atoms in total. The first-order chi connectivity index (χ1) is 6.63. The number of esters is 1. The summed E-state index contributed by atoms with van der Waals surface area (Å²) in [4.78, 5) is 10.7. The second-order valence-electron chi connectivity index (χ2n) is 3.48. The minimum atomic E-state index is -0.767. The molecule has 0 spiro atoms. The van der Waals surface area contributed by atoms with Crippen LogP contribution in [0.4, 0.5) is 0 Å². The molecule has 0 aromatic carbocycles. The Bertz CT molecular complexity index is 285. The van der Waals surface area contributed by atoms with Crippen LogP contribution in [-0.2, 0) is 14.3 Å². The Morgan fingerprint density at radius 1 is 1.64 bits per heavy atom. The fraction of sp³-hybridized carbons (Fsp3) is 0.667. The van der Waals surface area contributed by atoms with Crippen LogP contribution in [0.15, 0.2) is 11.6 Å². The molecule has 14 heavy (non-hydrogen) atoms. The highest BCUT2D eigenvalue weighted by molar-refractivity contribution is 5.66. The number of hydrogen-bond donors (Lipinski definition) is 2. The number of ether oxygens (including phenoxy) is 2. The van der Waals surface area contributed by atoms with E-state index in [1.165, 1.54) is 6.92 Å². The van der Waals surface area contributed by atoms with Gasteiger partial charge >= 0.3 is 5.97 Å². The largest absolute Gasteiger partial charge is 0.455 e. The van der Waals surface area contributed by atoms with Crippen LogP contribution in [0.25, 0.3) is 0 Å². The van der Waals surface area contributed by atoms with Crippen molar-refractivity contribution in [3.05, 3.63) is 11.6 Å². The normalized spacial score (nSPS) is 39.8. The summed E-state index contributed by atoms with van der Waals surface area (Å²) in [6.07, 6.45) is -0.254. The Hall–Kier alpha value is -0.910. The number of aliphatic hydroxyl groups is 2. The summed E-state index contributed by atoms with van der Waals surface area (Å²) in [5.74, 6) is -0.394. The maximum Gasteiger partial charge on any atom is 0.303 e. The molecule has 0 aromatic rings. The van der Waals surface area contributed by atoms with Crippen LogP contribution in [0.1, 0.15) is 6.92 Å². The van der Waals surface area contributed by atoms with E-state index in [-0.39, 0.29) is 18.8 Å². The molecule has 1 aliphatic carbocycles. The van der Waals surface area contributed by atoms with Crippen molar-refractivity contribution in [3.63, 3.8) is 0 Å². The number of hydrogen-bond acceptors (Lipinski definition) is 5. The fourth-order valence-corrected chi connectivity index (χ4v) is 1.71. The Balaban J connectivity index is 2.11. The van der Waals surface area contributed by atoms with Crippen LogP contribution in [0.5, 0.6) is 0 Å². The molecule has 1 heterocycles. The van der Waals surface area contributed by atoms with Crippen molar-refractivity contribution < 1.29 is 24.5 Å². The molecule has 2 rings (SSSR count). The molecule has 1 fully saturated rings. The van der Waals surface area contributed by atoms with Crippen molar-refractivity contribution in [1.82, 2.24) is 0 Å². The highest BCUT2D eigenvalue weighted by Gasteiger charge is 2.54. The average molecular weight is 200 g/mol. The molecule has 2 N–H and O–H groups in total. The summed E-state index contributed by atoms with van der Waals surface area (Å²) in [5, 5.41) is 18.5. The van der Waals surface area contributed by atoms with E-state index in [1.807, 2.05) is 0 Å². The zero-order valence-corrected chi connectivity index (χ0v) is 7.71. The minimum absolute atomic E-state index is 0.245. The predicted molar refractivity (Wildman–Crippen MR) is 45.4 cm³/mol. The maximum atomic E-state index is 10.7. The quantitative estimate of drug-likeness (QED) is 0.339. The standard InChI is InChI=1S/C9H12O5/c1-4(11)13-6-2-5(3-10)7(12)9-8(6)14-9/h2,6-10,12H,3H2,1H3/t6-,7+,8+,9-/m0/s1. The third-order valence-corrected chi connectivity index (χ3v) is 2.44. The van der Waals surface area contributed by atoms with Crippen LogP contribution in [0.2, 0.25) is 0 Å². The predicted octanol–water partition coefficient (Wildman–Crippen LogP) is -1.02. The highest BCUT2D eigenvalue weighted by atomic mass is 16.6. The first-order valence-electron chi connectivity index (χ1n) is 4.45. The van der Waals surface area contributed by atoms with Gasteiger partial charge in [-0.1, -0.05) is 0 Å². The highest BCUT2D eigenvalue weighted by Crippen LogP contribution is 2.37. The monoisotopic (exact) mass is 200 g/mol. The number of rotatable bonds is 2. The van der Waals surface area contributed by atoms with E-state index >= 15 is 0 Å². The van der Waals surface area contributed by atoms with Gasteiger partial charge in [0.15, 0.2) is 0 Å². The Morgan fingerprint density at radius 2 is 2.36 bits per heavy atom. The minimum Gasteiger partial charge on any atom is -0.455 e.